The maximum absolute atomic E-state index is 12.4. The fourth-order valence-corrected chi connectivity index (χ4v) is 8.37. The smallest absolute Gasteiger partial charge is 0.305 e. The van der Waals surface area contributed by atoms with Crippen molar-refractivity contribution in [1.29, 1.82) is 0 Å². The van der Waals surface area contributed by atoms with Crippen molar-refractivity contribution in [3.05, 3.63) is 36.5 Å². The lowest BCUT2D eigenvalue weighted by Crippen LogP contribution is -2.45. The van der Waals surface area contributed by atoms with Crippen molar-refractivity contribution >= 4 is 11.9 Å². The van der Waals surface area contributed by atoms with Crippen LogP contribution in [0.1, 0.15) is 290 Å². The maximum atomic E-state index is 12.4. The van der Waals surface area contributed by atoms with Crippen molar-refractivity contribution in [1.82, 2.24) is 5.32 Å². The molecule has 0 aliphatic carbocycles. The van der Waals surface area contributed by atoms with E-state index in [-0.39, 0.29) is 18.5 Å². The largest absolute Gasteiger partial charge is 0.466 e. The molecule has 0 fully saturated rings. The molecule has 0 spiro atoms. The lowest BCUT2D eigenvalue weighted by atomic mass is 10.0. The molecule has 0 saturated heterocycles. The van der Waals surface area contributed by atoms with Gasteiger partial charge in [0.05, 0.1) is 25.4 Å². The minimum Gasteiger partial charge on any atom is -0.466 e. The van der Waals surface area contributed by atoms with Gasteiger partial charge in [0.25, 0.3) is 0 Å². The summed E-state index contributed by atoms with van der Waals surface area (Å²) < 4.78 is 5.47. The van der Waals surface area contributed by atoms with E-state index < -0.39 is 12.1 Å². The van der Waals surface area contributed by atoms with Crippen LogP contribution in [0.15, 0.2) is 36.5 Å². The molecule has 0 bridgehead atoms. The lowest BCUT2D eigenvalue weighted by molar-refractivity contribution is -0.143. The number of amides is 1. The van der Waals surface area contributed by atoms with E-state index in [9.17, 15) is 19.8 Å². The topological polar surface area (TPSA) is 95.9 Å². The van der Waals surface area contributed by atoms with E-state index in [4.69, 9.17) is 4.74 Å². The normalized spacial score (nSPS) is 12.9. The third kappa shape index (κ3) is 49.4. The fraction of sp³-hybridized carbons (Fsp3) is 0.860. The monoisotopic (exact) mass is 886 g/mol. The summed E-state index contributed by atoms with van der Waals surface area (Å²) >= 11 is 0. The first-order valence-corrected chi connectivity index (χ1v) is 27.8. The van der Waals surface area contributed by atoms with E-state index in [1.165, 1.54) is 212 Å². The molecule has 0 rings (SSSR count). The van der Waals surface area contributed by atoms with Crippen molar-refractivity contribution in [2.24, 2.45) is 0 Å². The highest BCUT2D eigenvalue weighted by atomic mass is 16.5. The average Bonchev–Trinajstić information content (AvgIpc) is 3.28. The first kappa shape index (κ1) is 61.1. The fourth-order valence-electron chi connectivity index (χ4n) is 8.37. The standard InChI is InChI=1S/C57H107NO5/c1-3-5-7-9-11-13-14-15-24-28-31-35-39-43-47-51-57(62)63-52-48-44-40-36-32-29-26-23-21-19-17-16-18-20-22-25-27-30-34-38-42-46-50-56(61)58-54(53-59)55(60)49-45-41-37-33-12-10-8-6-4-2/h11,13,15,24,45,49,54-55,59-60H,3-10,12,14,16-23,25-44,46-48,50-53H2,1-2H3,(H,58,61)/b13-11-,24-15-,49-45+. The van der Waals surface area contributed by atoms with E-state index in [2.05, 4.69) is 43.5 Å². The summed E-state index contributed by atoms with van der Waals surface area (Å²) in [4.78, 5) is 24.4. The van der Waals surface area contributed by atoms with Gasteiger partial charge in [-0.3, -0.25) is 9.59 Å². The molecule has 370 valence electrons. The maximum Gasteiger partial charge on any atom is 0.305 e. The third-order valence-corrected chi connectivity index (χ3v) is 12.7. The van der Waals surface area contributed by atoms with Crippen LogP contribution in [0.5, 0.6) is 0 Å². The van der Waals surface area contributed by atoms with Gasteiger partial charge in [0.15, 0.2) is 0 Å². The minimum atomic E-state index is -0.842. The van der Waals surface area contributed by atoms with Crippen molar-refractivity contribution < 1.29 is 24.5 Å². The van der Waals surface area contributed by atoms with Gasteiger partial charge in [-0.25, -0.2) is 0 Å². The number of carbonyl (C=O) groups excluding carboxylic acids is 2. The molecule has 3 N–H and O–H groups in total. The Morgan fingerprint density at radius 3 is 1.24 bits per heavy atom. The zero-order valence-corrected chi connectivity index (χ0v) is 42.1. The predicted molar refractivity (Wildman–Crippen MR) is 273 cm³/mol. The number of hydrogen-bond donors (Lipinski definition) is 3. The summed E-state index contributed by atoms with van der Waals surface area (Å²) in [5.41, 5.74) is 0. The van der Waals surface area contributed by atoms with E-state index in [1.54, 1.807) is 6.08 Å². The Bertz CT molecular complexity index is 1020. The van der Waals surface area contributed by atoms with Crippen molar-refractivity contribution in [2.75, 3.05) is 13.2 Å². The number of carbonyl (C=O) groups is 2. The molecule has 1 amide bonds. The second-order valence-electron chi connectivity index (χ2n) is 18.9. The Morgan fingerprint density at radius 1 is 0.444 bits per heavy atom. The summed E-state index contributed by atoms with van der Waals surface area (Å²) in [5.74, 6) is -0.0732. The van der Waals surface area contributed by atoms with E-state index in [1.807, 2.05) is 6.08 Å². The Morgan fingerprint density at radius 2 is 0.794 bits per heavy atom. The van der Waals surface area contributed by atoms with Crippen molar-refractivity contribution in [3.63, 3.8) is 0 Å². The van der Waals surface area contributed by atoms with Crippen LogP contribution in [-0.4, -0.2) is 47.4 Å². The van der Waals surface area contributed by atoms with Gasteiger partial charge >= 0.3 is 5.97 Å². The molecule has 6 heteroatoms. The number of hydrogen-bond acceptors (Lipinski definition) is 5. The summed E-state index contributed by atoms with van der Waals surface area (Å²) in [7, 11) is 0. The minimum absolute atomic E-state index is 0.00192. The second-order valence-corrected chi connectivity index (χ2v) is 18.9. The summed E-state index contributed by atoms with van der Waals surface area (Å²) in [6.45, 7) is 4.84. The Balaban J connectivity index is 3.37. The molecule has 2 unspecified atom stereocenters. The van der Waals surface area contributed by atoms with E-state index >= 15 is 0 Å². The third-order valence-electron chi connectivity index (χ3n) is 12.7. The van der Waals surface area contributed by atoms with Gasteiger partial charge in [0.1, 0.15) is 0 Å². The molecule has 63 heavy (non-hydrogen) atoms. The molecular weight excluding hydrogens is 779 g/mol. The van der Waals surface area contributed by atoms with Crippen molar-refractivity contribution in [3.8, 4) is 0 Å². The SMILES string of the molecule is CCCCC/C=C\C/C=C\CCCCCCCC(=O)OCCCCCCCCCCCCCCCCCCCCCCCCC(=O)NC(CO)C(O)/C=C/CCCCCCCCC. The van der Waals surface area contributed by atoms with Gasteiger partial charge in [-0.15, -0.1) is 0 Å². The molecule has 0 heterocycles. The van der Waals surface area contributed by atoms with Gasteiger partial charge < -0.3 is 20.3 Å². The molecule has 6 nitrogen and oxygen atoms in total. The summed E-state index contributed by atoms with van der Waals surface area (Å²) in [6.07, 6.45) is 64.6. The van der Waals surface area contributed by atoms with Gasteiger partial charge in [-0.05, 0) is 64.2 Å². The number of nitrogens with one attached hydrogen (secondary N) is 1. The Labute approximate surface area is 392 Å². The first-order valence-electron chi connectivity index (χ1n) is 27.8. The highest BCUT2D eigenvalue weighted by Gasteiger charge is 2.18. The van der Waals surface area contributed by atoms with Gasteiger partial charge in [0, 0.05) is 12.8 Å². The molecule has 2 atom stereocenters. The van der Waals surface area contributed by atoms with Gasteiger partial charge in [-0.2, -0.15) is 0 Å². The average molecular weight is 886 g/mol. The van der Waals surface area contributed by atoms with Crippen LogP contribution in [0, 0.1) is 0 Å². The molecule has 0 saturated carbocycles. The van der Waals surface area contributed by atoms with Crippen LogP contribution in [-0.2, 0) is 14.3 Å². The van der Waals surface area contributed by atoms with Crippen molar-refractivity contribution in [2.45, 2.75) is 302 Å². The Hall–Kier alpha value is -1.92. The van der Waals surface area contributed by atoms with E-state index in [0.717, 1.165) is 51.4 Å². The number of ether oxygens (including phenoxy) is 1. The highest BCUT2D eigenvalue weighted by molar-refractivity contribution is 5.76. The Kier molecular flexibility index (Phi) is 51.1. The molecule has 0 aliphatic rings. The molecule has 0 radical (unpaired) electrons. The first-order chi connectivity index (χ1) is 31.0. The number of esters is 1. The number of aliphatic hydroxyl groups is 2. The predicted octanol–water partition coefficient (Wildman–Crippen LogP) is 16.9. The zero-order chi connectivity index (χ0) is 45.8. The van der Waals surface area contributed by atoms with Crippen LogP contribution in [0.25, 0.3) is 0 Å². The highest BCUT2D eigenvalue weighted by Crippen LogP contribution is 2.16. The van der Waals surface area contributed by atoms with Crippen LogP contribution < -0.4 is 5.32 Å². The van der Waals surface area contributed by atoms with Crippen LogP contribution in [0.2, 0.25) is 0 Å². The van der Waals surface area contributed by atoms with E-state index in [0.29, 0.717) is 19.4 Å². The molecule has 0 aromatic rings. The zero-order valence-electron chi connectivity index (χ0n) is 42.1. The van der Waals surface area contributed by atoms with Crippen LogP contribution >= 0.6 is 0 Å². The number of unbranched alkanes of at least 4 members (excludes halogenated alkanes) is 36. The molecular formula is C57H107NO5. The number of rotatable bonds is 51. The molecule has 0 aliphatic heterocycles. The molecule has 0 aromatic heterocycles. The van der Waals surface area contributed by atoms with Crippen LogP contribution in [0.4, 0.5) is 0 Å². The second kappa shape index (κ2) is 52.7. The number of aliphatic hydroxyl groups excluding tert-OH is 2. The lowest BCUT2D eigenvalue weighted by Gasteiger charge is -2.20. The van der Waals surface area contributed by atoms with Gasteiger partial charge in [0.2, 0.25) is 5.91 Å². The summed E-state index contributed by atoms with van der Waals surface area (Å²) in [6, 6.07) is -0.626. The van der Waals surface area contributed by atoms with Crippen LogP contribution in [0.3, 0.4) is 0 Å². The quantitative estimate of drug-likeness (QED) is 0.0321. The number of allylic oxidation sites excluding steroid dienone is 5. The summed E-state index contributed by atoms with van der Waals surface area (Å²) in [5, 5.41) is 22.9. The van der Waals surface area contributed by atoms with Gasteiger partial charge in [-0.1, -0.05) is 249 Å². The molecule has 0 aromatic carbocycles.